The number of nitrogens with zero attached hydrogens (tertiary/aromatic N) is 2. The van der Waals surface area contributed by atoms with Crippen LogP contribution < -0.4 is 0 Å². The van der Waals surface area contributed by atoms with Gasteiger partial charge in [0.15, 0.2) is 5.78 Å². The maximum Gasteiger partial charge on any atom is 0.170 e. The quantitative estimate of drug-likeness (QED) is 0.596. The molecule has 0 radical (unpaired) electrons. The molecule has 0 heterocycles. The van der Waals surface area contributed by atoms with Crippen molar-refractivity contribution in [3.05, 3.63) is 34.9 Å². The summed E-state index contributed by atoms with van der Waals surface area (Å²) in [6.45, 7) is 3.46. The molecule has 0 aliphatic rings. The number of nitriles is 2. The number of benzene rings is 1. The Kier molecular flexibility index (Phi) is 4.34. The molecule has 18 heavy (non-hydrogen) atoms. The highest BCUT2D eigenvalue weighted by Crippen LogP contribution is 2.13. The second-order valence-corrected chi connectivity index (χ2v) is 4.20. The van der Waals surface area contributed by atoms with Gasteiger partial charge in [-0.25, -0.2) is 0 Å². The van der Waals surface area contributed by atoms with E-state index < -0.39 is 0 Å². The minimum Gasteiger partial charge on any atom is -0.299 e. The second kappa shape index (κ2) is 5.75. The molecular formula is C14H12N2O2. The van der Waals surface area contributed by atoms with Crippen LogP contribution in [0.4, 0.5) is 0 Å². The Bertz CT molecular complexity index is 574. The SMILES string of the molecule is CC(C)C(=O)CC(=O)c1ccc(C#N)c(C#N)c1. The van der Waals surface area contributed by atoms with Crippen molar-refractivity contribution >= 4 is 11.6 Å². The lowest BCUT2D eigenvalue weighted by Gasteiger charge is -2.04. The van der Waals surface area contributed by atoms with E-state index in [1.54, 1.807) is 13.8 Å². The van der Waals surface area contributed by atoms with Gasteiger partial charge in [-0.1, -0.05) is 13.8 Å². The van der Waals surface area contributed by atoms with E-state index in [2.05, 4.69) is 0 Å². The fourth-order valence-corrected chi connectivity index (χ4v) is 1.37. The van der Waals surface area contributed by atoms with E-state index >= 15 is 0 Å². The van der Waals surface area contributed by atoms with Gasteiger partial charge in [-0.05, 0) is 18.2 Å². The Hall–Kier alpha value is -2.46. The fourth-order valence-electron chi connectivity index (χ4n) is 1.37. The first-order valence-corrected chi connectivity index (χ1v) is 5.49. The molecule has 0 aliphatic carbocycles. The summed E-state index contributed by atoms with van der Waals surface area (Å²) in [5, 5.41) is 17.6. The third kappa shape index (κ3) is 3.02. The zero-order chi connectivity index (χ0) is 13.7. The van der Waals surface area contributed by atoms with Crippen molar-refractivity contribution < 1.29 is 9.59 Å². The van der Waals surface area contributed by atoms with Crippen molar-refractivity contribution in [2.24, 2.45) is 5.92 Å². The standard InChI is InChI=1S/C14H12N2O2/c1-9(2)13(17)6-14(18)10-3-4-11(7-15)12(5-10)8-16/h3-5,9H,6H2,1-2H3. The summed E-state index contributed by atoms with van der Waals surface area (Å²) in [6.07, 6.45) is -0.172. The van der Waals surface area contributed by atoms with Gasteiger partial charge in [-0.15, -0.1) is 0 Å². The van der Waals surface area contributed by atoms with Gasteiger partial charge in [0, 0.05) is 11.5 Å². The van der Waals surface area contributed by atoms with Crippen molar-refractivity contribution in [3.63, 3.8) is 0 Å². The van der Waals surface area contributed by atoms with Crippen molar-refractivity contribution in [3.8, 4) is 12.1 Å². The van der Waals surface area contributed by atoms with E-state index in [0.29, 0.717) is 5.56 Å². The smallest absolute Gasteiger partial charge is 0.170 e. The molecule has 0 unspecified atom stereocenters. The Labute approximate surface area is 105 Å². The summed E-state index contributed by atoms with van der Waals surface area (Å²) < 4.78 is 0. The van der Waals surface area contributed by atoms with Gasteiger partial charge in [0.1, 0.15) is 17.9 Å². The van der Waals surface area contributed by atoms with Crippen molar-refractivity contribution in [2.75, 3.05) is 0 Å². The zero-order valence-electron chi connectivity index (χ0n) is 10.2. The van der Waals surface area contributed by atoms with Crippen LogP contribution in [-0.2, 0) is 4.79 Å². The van der Waals surface area contributed by atoms with Crippen LogP contribution in [0.1, 0.15) is 41.8 Å². The molecule has 1 aromatic carbocycles. The van der Waals surface area contributed by atoms with Gasteiger partial charge < -0.3 is 0 Å². The summed E-state index contributed by atoms with van der Waals surface area (Å²) in [5.74, 6) is -0.652. The fraction of sp³-hybridized carbons (Fsp3) is 0.286. The van der Waals surface area contributed by atoms with E-state index in [0.717, 1.165) is 0 Å². The average molecular weight is 240 g/mol. The average Bonchev–Trinajstić information content (AvgIpc) is 2.37. The van der Waals surface area contributed by atoms with Gasteiger partial charge in [0.05, 0.1) is 17.5 Å². The summed E-state index contributed by atoms with van der Waals surface area (Å²) in [7, 11) is 0. The minimum atomic E-state index is -0.324. The largest absolute Gasteiger partial charge is 0.299 e. The molecule has 0 fully saturated rings. The molecule has 4 nitrogen and oxygen atoms in total. The number of carbonyl (C=O) groups is 2. The molecule has 0 N–H and O–H groups in total. The van der Waals surface area contributed by atoms with Crippen LogP contribution >= 0.6 is 0 Å². The zero-order valence-corrected chi connectivity index (χ0v) is 10.2. The summed E-state index contributed by atoms with van der Waals surface area (Å²) in [4.78, 5) is 23.3. The van der Waals surface area contributed by atoms with Crippen LogP contribution in [0, 0.1) is 28.6 Å². The van der Waals surface area contributed by atoms with E-state index in [1.807, 2.05) is 12.1 Å². The third-order valence-corrected chi connectivity index (χ3v) is 2.56. The molecule has 4 heteroatoms. The van der Waals surface area contributed by atoms with E-state index in [9.17, 15) is 9.59 Å². The first-order valence-electron chi connectivity index (χ1n) is 5.49. The lowest BCUT2D eigenvalue weighted by molar-refractivity contribution is -0.121. The van der Waals surface area contributed by atoms with Crippen molar-refractivity contribution in [1.82, 2.24) is 0 Å². The Morgan fingerprint density at radius 1 is 1.17 bits per heavy atom. The van der Waals surface area contributed by atoms with Gasteiger partial charge in [0.2, 0.25) is 0 Å². The number of rotatable bonds is 4. The highest BCUT2D eigenvalue weighted by Gasteiger charge is 2.15. The molecule has 0 saturated heterocycles. The molecule has 0 bridgehead atoms. The van der Waals surface area contributed by atoms with E-state index in [4.69, 9.17) is 10.5 Å². The van der Waals surface area contributed by atoms with Crippen LogP contribution in [0.25, 0.3) is 0 Å². The van der Waals surface area contributed by atoms with Crippen LogP contribution in [-0.4, -0.2) is 11.6 Å². The van der Waals surface area contributed by atoms with Crippen LogP contribution in [0.3, 0.4) is 0 Å². The lowest BCUT2D eigenvalue weighted by Crippen LogP contribution is -2.13. The Balaban J connectivity index is 2.99. The monoisotopic (exact) mass is 240 g/mol. The molecular weight excluding hydrogens is 228 g/mol. The predicted octanol–water partition coefficient (Wildman–Crippen LogP) is 2.23. The molecule has 0 amide bonds. The molecule has 1 aromatic rings. The molecule has 0 spiro atoms. The highest BCUT2D eigenvalue weighted by atomic mass is 16.1. The normalized spacial score (nSPS) is 9.61. The Morgan fingerprint density at radius 3 is 2.28 bits per heavy atom. The number of Topliss-reactive ketones (excluding diaryl/α,β-unsaturated/α-hetero) is 2. The molecule has 0 saturated carbocycles. The number of hydrogen-bond donors (Lipinski definition) is 0. The molecule has 1 rings (SSSR count). The summed E-state index contributed by atoms with van der Waals surface area (Å²) in [6, 6.07) is 7.97. The maximum atomic E-state index is 11.8. The van der Waals surface area contributed by atoms with Crippen molar-refractivity contribution in [2.45, 2.75) is 20.3 Å². The lowest BCUT2D eigenvalue weighted by atomic mass is 9.97. The second-order valence-electron chi connectivity index (χ2n) is 4.20. The van der Waals surface area contributed by atoms with Gasteiger partial charge in [-0.2, -0.15) is 10.5 Å². The number of carbonyl (C=O) groups excluding carboxylic acids is 2. The first-order chi connectivity index (χ1) is 8.49. The predicted molar refractivity (Wildman–Crippen MR) is 64.7 cm³/mol. The minimum absolute atomic E-state index is 0.136. The molecule has 90 valence electrons. The first kappa shape index (κ1) is 13.6. The van der Waals surface area contributed by atoms with Gasteiger partial charge >= 0.3 is 0 Å². The third-order valence-electron chi connectivity index (χ3n) is 2.56. The topological polar surface area (TPSA) is 81.7 Å². The molecule has 0 aromatic heterocycles. The van der Waals surface area contributed by atoms with E-state index in [1.165, 1.54) is 18.2 Å². The number of hydrogen-bond acceptors (Lipinski definition) is 4. The Morgan fingerprint density at radius 2 is 1.78 bits per heavy atom. The maximum absolute atomic E-state index is 11.8. The van der Waals surface area contributed by atoms with Crippen LogP contribution in [0.5, 0.6) is 0 Å². The summed E-state index contributed by atoms with van der Waals surface area (Å²) >= 11 is 0. The van der Waals surface area contributed by atoms with Crippen molar-refractivity contribution in [1.29, 1.82) is 10.5 Å². The van der Waals surface area contributed by atoms with Crippen LogP contribution in [0.15, 0.2) is 18.2 Å². The van der Waals surface area contributed by atoms with E-state index in [-0.39, 0.29) is 35.0 Å². The highest BCUT2D eigenvalue weighted by molar-refractivity contribution is 6.08. The molecule has 0 atom stereocenters. The van der Waals surface area contributed by atoms with Gasteiger partial charge in [0.25, 0.3) is 0 Å². The van der Waals surface area contributed by atoms with Crippen LogP contribution in [0.2, 0.25) is 0 Å². The molecule has 0 aliphatic heterocycles. The van der Waals surface area contributed by atoms with Gasteiger partial charge in [-0.3, -0.25) is 9.59 Å². The summed E-state index contributed by atoms with van der Waals surface area (Å²) in [5.41, 5.74) is 0.670. The number of ketones is 2.